The molecule has 2 aromatic rings. The van der Waals surface area contributed by atoms with Crippen LogP contribution in [-0.2, 0) is 11.2 Å². The van der Waals surface area contributed by atoms with Gasteiger partial charge in [0.15, 0.2) is 5.78 Å². The third-order valence-corrected chi connectivity index (χ3v) is 4.40. The van der Waals surface area contributed by atoms with Gasteiger partial charge < -0.3 is 10.5 Å². The summed E-state index contributed by atoms with van der Waals surface area (Å²) in [5.74, 6) is -0.0551. The lowest BCUT2D eigenvalue weighted by Crippen LogP contribution is -2.29. The number of Topliss-reactive ketones (excluding diaryl/α,β-unsaturated/α-hetero) is 1. The van der Waals surface area contributed by atoms with Crippen LogP contribution in [-0.4, -0.2) is 16.6 Å². The van der Waals surface area contributed by atoms with Crippen LogP contribution in [0.2, 0.25) is 0 Å². The number of ketones is 1. The molecule has 0 fully saturated rings. The summed E-state index contributed by atoms with van der Waals surface area (Å²) in [4.78, 5) is 12.4. The van der Waals surface area contributed by atoms with Crippen molar-refractivity contribution in [2.45, 2.75) is 33.1 Å². The number of aliphatic hydroxyl groups excluding tert-OH is 1. The Kier molecular flexibility index (Phi) is 3.80. The Hall–Kier alpha value is -2.42. The van der Waals surface area contributed by atoms with Crippen molar-refractivity contribution in [1.82, 2.24) is 0 Å². The van der Waals surface area contributed by atoms with Gasteiger partial charge in [-0.25, -0.2) is 0 Å². The molecule has 3 nitrogen and oxygen atoms in total. The van der Waals surface area contributed by atoms with Gasteiger partial charge in [-0.15, -0.1) is 0 Å². The van der Waals surface area contributed by atoms with Crippen molar-refractivity contribution in [3.05, 3.63) is 59.4 Å². The van der Waals surface area contributed by atoms with Crippen LogP contribution in [0.4, 0.5) is 0 Å². The standard InChI is InChI=1S/C20H21NO2/c1-20(2)11-17(22)19(18(23)12-20)16(21)10-14-8-5-7-13-6-3-4-9-15(13)14/h3-9,21-22H,10-12H2,1-2H3. The highest BCUT2D eigenvalue weighted by Crippen LogP contribution is 2.36. The van der Waals surface area contributed by atoms with Crippen LogP contribution in [0.1, 0.15) is 32.3 Å². The van der Waals surface area contributed by atoms with E-state index in [2.05, 4.69) is 0 Å². The zero-order valence-electron chi connectivity index (χ0n) is 13.5. The molecule has 0 atom stereocenters. The van der Waals surface area contributed by atoms with E-state index in [4.69, 9.17) is 5.41 Å². The van der Waals surface area contributed by atoms with Gasteiger partial charge in [-0.3, -0.25) is 4.79 Å². The highest BCUT2D eigenvalue weighted by molar-refractivity contribution is 6.23. The van der Waals surface area contributed by atoms with Crippen molar-refractivity contribution in [2.75, 3.05) is 0 Å². The minimum atomic E-state index is -0.232. The minimum Gasteiger partial charge on any atom is -0.511 e. The van der Waals surface area contributed by atoms with E-state index in [9.17, 15) is 9.90 Å². The van der Waals surface area contributed by atoms with Crippen LogP contribution >= 0.6 is 0 Å². The molecule has 0 saturated heterocycles. The van der Waals surface area contributed by atoms with E-state index >= 15 is 0 Å². The first-order valence-electron chi connectivity index (χ1n) is 7.87. The van der Waals surface area contributed by atoms with Gasteiger partial charge in [0, 0.05) is 25.0 Å². The van der Waals surface area contributed by atoms with E-state index in [1.165, 1.54) is 0 Å². The molecule has 2 aromatic carbocycles. The topological polar surface area (TPSA) is 61.2 Å². The van der Waals surface area contributed by atoms with Crippen molar-refractivity contribution in [2.24, 2.45) is 5.41 Å². The lowest BCUT2D eigenvalue weighted by molar-refractivity contribution is -0.117. The molecule has 23 heavy (non-hydrogen) atoms. The summed E-state index contributed by atoms with van der Waals surface area (Å²) in [5, 5.41) is 20.8. The molecule has 0 aromatic heterocycles. The SMILES string of the molecule is CC1(C)CC(=O)C(C(=N)Cc2cccc3ccccc23)=C(O)C1. The van der Waals surface area contributed by atoms with Gasteiger partial charge in [0.1, 0.15) is 5.76 Å². The number of hydrogen-bond donors (Lipinski definition) is 2. The number of nitrogens with one attached hydrogen (secondary N) is 1. The zero-order chi connectivity index (χ0) is 16.6. The Labute approximate surface area is 136 Å². The lowest BCUT2D eigenvalue weighted by atomic mass is 9.75. The number of carbonyl (C=O) groups is 1. The normalized spacial score (nSPS) is 17.6. The Morgan fingerprint density at radius 1 is 1.13 bits per heavy atom. The first-order chi connectivity index (χ1) is 10.9. The molecule has 1 aliphatic carbocycles. The summed E-state index contributed by atoms with van der Waals surface area (Å²) >= 11 is 0. The van der Waals surface area contributed by atoms with Crippen LogP contribution < -0.4 is 0 Å². The van der Waals surface area contributed by atoms with E-state index < -0.39 is 0 Å². The molecule has 118 valence electrons. The van der Waals surface area contributed by atoms with Gasteiger partial charge >= 0.3 is 0 Å². The predicted octanol–water partition coefficient (Wildman–Crippen LogP) is 4.60. The van der Waals surface area contributed by atoms with Crippen LogP contribution in [0.25, 0.3) is 10.8 Å². The third kappa shape index (κ3) is 3.04. The van der Waals surface area contributed by atoms with Gasteiger partial charge in [0.25, 0.3) is 0 Å². The smallest absolute Gasteiger partial charge is 0.168 e. The van der Waals surface area contributed by atoms with Gasteiger partial charge in [-0.1, -0.05) is 56.3 Å². The van der Waals surface area contributed by atoms with E-state index in [0.717, 1.165) is 16.3 Å². The van der Waals surface area contributed by atoms with Crippen LogP contribution in [0.5, 0.6) is 0 Å². The molecular formula is C20H21NO2. The maximum Gasteiger partial charge on any atom is 0.168 e. The Morgan fingerprint density at radius 2 is 1.83 bits per heavy atom. The minimum absolute atomic E-state index is 0.0662. The second-order valence-corrected chi connectivity index (χ2v) is 7.06. The van der Waals surface area contributed by atoms with E-state index in [1.807, 2.05) is 56.3 Å². The summed E-state index contributed by atoms with van der Waals surface area (Å²) in [7, 11) is 0. The number of fused-ring (bicyclic) bond motifs is 1. The molecule has 3 heteroatoms. The highest BCUT2D eigenvalue weighted by atomic mass is 16.3. The quantitative estimate of drug-likeness (QED) is 0.814. The van der Waals surface area contributed by atoms with Gasteiger partial charge in [0.2, 0.25) is 0 Å². The summed E-state index contributed by atoms with van der Waals surface area (Å²) in [6.45, 7) is 3.93. The van der Waals surface area contributed by atoms with Gasteiger partial charge in [-0.05, 0) is 21.8 Å². The predicted molar refractivity (Wildman–Crippen MR) is 93.1 cm³/mol. The van der Waals surface area contributed by atoms with Gasteiger partial charge in [0.05, 0.1) is 5.57 Å². The fraction of sp³-hybridized carbons (Fsp3) is 0.300. The molecule has 0 saturated carbocycles. The molecular weight excluding hydrogens is 286 g/mol. The Balaban J connectivity index is 1.94. The van der Waals surface area contributed by atoms with E-state index in [0.29, 0.717) is 19.3 Å². The number of aliphatic hydroxyl groups is 1. The van der Waals surface area contributed by atoms with Gasteiger partial charge in [-0.2, -0.15) is 0 Å². The maximum atomic E-state index is 12.4. The summed E-state index contributed by atoms with van der Waals surface area (Å²) < 4.78 is 0. The second-order valence-electron chi connectivity index (χ2n) is 7.06. The van der Waals surface area contributed by atoms with Crippen molar-refractivity contribution in [1.29, 1.82) is 5.41 Å². The number of carbonyl (C=O) groups excluding carboxylic acids is 1. The molecule has 0 bridgehead atoms. The monoisotopic (exact) mass is 307 g/mol. The summed E-state index contributed by atoms with van der Waals surface area (Å²) in [5.41, 5.74) is 1.20. The fourth-order valence-corrected chi connectivity index (χ4v) is 3.36. The average Bonchev–Trinajstić information content (AvgIpc) is 2.45. The number of allylic oxidation sites excluding steroid dienone is 2. The molecule has 0 amide bonds. The highest BCUT2D eigenvalue weighted by Gasteiger charge is 2.34. The van der Waals surface area contributed by atoms with Crippen LogP contribution in [0.15, 0.2) is 53.8 Å². The number of rotatable bonds is 3. The Morgan fingerprint density at radius 3 is 2.57 bits per heavy atom. The first-order valence-corrected chi connectivity index (χ1v) is 7.87. The second kappa shape index (κ2) is 5.65. The van der Waals surface area contributed by atoms with E-state index in [1.54, 1.807) is 0 Å². The molecule has 0 heterocycles. The molecule has 0 radical (unpaired) electrons. The van der Waals surface area contributed by atoms with Crippen LogP contribution in [0.3, 0.4) is 0 Å². The third-order valence-electron chi connectivity index (χ3n) is 4.40. The first kappa shape index (κ1) is 15.5. The van der Waals surface area contributed by atoms with Crippen molar-refractivity contribution in [3.8, 4) is 0 Å². The molecule has 0 unspecified atom stereocenters. The van der Waals surface area contributed by atoms with Crippen molar-refractivity contribution < 1.29 is 9.90 Å². The molecule has 1 aliphatic rings. The molecule has 0 aliphatic heterocycles. The molecule has 0 spiro atoms. The van der Waals surface area contributed by atoms with E-state index in [-0.39, 0.29) is 28.2 Å². The largest absolute Gasteiger partial charge is 0.511 e. The summed E-state index contributed by atoms with van der Waals surface area (Å²) in [6.07, 6.45) is 1.18. The number of hydrogen-bond acceptors (Lipinski definition) is 3. The Bertz CT molecular complexity index is 825. The summed E-state index contributed by atoms with van der Waals surface area (Å²) in [6, 6.07) is 14.0. The van der Waals surface area contributed by atoms with Crippen molar-refractivity contribution in [3.63, 3.8) is 0 Å². The number of benzene rings is 2. The average molecular weight is 307 g/mol. The zero-order valence-corrected chi connectivity index (χ0v) is 13.5. The molecule has 3 rings (SSSR count). The lowest BCUT2D eigenvalue weighted by Gasteiger charge is -2.29. The van der Waals surface area contributed by atoms with Crippen molar-refractivity contribution >= 4 is 22.3 Å². The van der Waals surface area contributed by atoms with Crippen LogP contribution in [0, 0.1) is 10.8 Å². The molecule has 2 N–H and O–H groups in total. The fourth-order valence-electron chi connectivity index (χ4n) is 3.36. The maximum absolute atomic E-state index is 12.4.